The zero-order chi connectivity index (χ0) is 46.1. The Bertz CT molecular complexity index is 3490. The monoisotopic (exact) mass is 897 g/mol. The number of unbranched alkanes of at least 4 members (excludes halogenated alkanes) is 2. The third-order valence-electron chi connectivity index (χ3n) is 12.6. The molecule has 0 amide bonds. The molecule has 8 aromatic rings. The van der Waals surface area contributed by atoms with Crippen LogP contribution >= 0.6 is 0 Å². The van der Waals surface area contributed by atoms with Crippen molar-refractivity contribution in [2.45, 2.75) is 49.7 Å². The molecule has 2 aliphatic heterocycles. The minimum Gasteiger partial charge on any atom is -0.354 e. The molecule has 0 spiro atoms. The fraction of sp³-hybridized carbons (Fsp3) is 0.123. The number of sulfone groups is 1. The van der Waals surface area contributed by atoms with Crippen molar-refractivity contribution < 1.29 is 13.3 Å². The van der Waals surface area contributed by atoms with Crippen LogP contribution in [-0.4, -0.2) is 33.3 Å². The standard InChI is InChI=1S/C57H47N5O4S/c1-3-4-8-21-53(67(65,66)42-25-22-37(2)23-26-42)43-36-41(24-35-52(43)62(63)64)57-50-33-31-48(60-50)55(39-17-11-6-12-18-39)46-29-27-44(58-46)54(38-15-9-5-10-16-38)45-28-30-47(59-45)56(40-19-13-7-14-20-40)49-32-34-51(57)61-49/h5-7,9-20,22-36,53,58,61H,3-4,8,21H2,1-2H3. The summed E-state index contributed by atoms with van der Waals surface area (Å²) in [7, 11) is -4.08. The molecule has 2 N–H and O–H groups in total. The fourth-order valence-corrected chi connectivity index (χ4v) is 11.2. The van der Waals surface area contributed by atoms with Crippen molar-refractivity contribution in [1.29, 1.82) is 0 Å². The largest absolute Gasteiger partial charge is 0.354 e. The van der Waals surface area contributed by atoms with Crippen LogP contribution in [0, 0.1) is 17.0 Å². The van der Waals surface area contributed by atoms with Gasteiger partial charge in [-0.15, -0.1) is 0 Å². The number of nitro groups is 1. The van der Waals surface area contributed by atoms with Gasteiger partial charge < -0.3 is 9.97 Å². The Labute approximate surface area is 389 Å². The highest BCUT2D eigenvalue weighted by atomic mass is 32.2. The summed E-state index contributed by atoms with van der Waals surface area (Å²) in [6.07, 6.45) is 10.5. The number of aromatic amines is 2. The lowest BCUT2D eigenvalue weighted by Gasteiger charge is -2.20. The van der Waals surface area contributed by atoms with Crippen LogP contribution in [0.1, 0.15) is 71.8 Å². The van der Waals surface area contributed by atoms with E-state index in [1.807, 2.05) is 85.8 Å². The molecule has 5 aromatic carbocycles. The Balaban J connectivity index is 1.32. The van der Waals surface area contributed by atoms with E-state index in [1.54, 1.807) is 36.4 Å². The van der Waals surface area contributed by atoms with Crippen molar-refractivity contribution in [3.63, 3.8) is 0 Å². The van der Waals surface area contributed by atoms with Gasteiger partial charge >= 0.3 is 0 Å². The summed E-state index contributed by atoms with van der Waals surface area (Å²) in [6, 6.07) is 50.3. The maximum Gasteiger partial charge on any atom is 0.273 e. The predicted octanol–water partition coefficient (Wildman–Crippen LogP) is 14.6. The molecular weight excluding hydrogens is 851 g/mol. The molecule has 9 nitrogen and oxygen atoms in total. The number of aryl methyl sites for hydroxylation is 1. The minimum atomic E-state index is -4.08. The number of aromatic nitrogens is 4. The Kier molecular flexibility index (Phi) is 11.6. The number of hydrogen-bond donors (Lipinski definition) is 2. The highest BCUT2D eigenvalue weighted by Gasteiger charge is 2.35. The first-order chi connectivity index (χ1) is 32.7. The van der Waals surface area contributed by atoms with Gasteiger partial charge in [-0.3, -0.25) is 10.1 Å². The first-order valence-corrected chi connectivity index (χ1v) is 24.1. The Morgan fingerprint density at radius 3 is 1.36 bits per heavy atom. The molecule has 10 heteroatoms. The van der Waals surface area contributed by atoms with Crippen LogP contribution in [0.3, 0.4) is 0 Å². The zero-order valence-electron chi connectivity index (χ0n) is 37.1. The SMILES string of the molecule is CCCCCC(c1cc(-c2c3nc(c(-c4ccccc4)c4ccc([nH]4)c(-c4ccccc4)c4nc(c(-c5ccccc5)c5ccc2[nH]5)C=C4)C=C3)ccc1[N+](=O)[O-])S(=O)(=O)c1ccc(C)cc1. The van der Waals surface area contributed by atoms with E-state index >= 15 is 0 Å². The molecule has 0 saturated heterocycles. The number of H-pyrrole nitrogens is 2. The summed E-state index contributed by atoms with van der Waals surface area (Å²) in [6.45, 7) is 3.95. The Hall–Kier alpha value is -7.95. The molecule has 1 atom stereocenters. The molecule has 10 rings (SSSR count). The van der Waals surface area contributed by atoms with Crippen LogP contribution in [0.15, 0.2) is 163 Å². The van der Waals surface area contributed by atoms with Crippen LogP contribution in [0.4, 0.5) is 5.69 Å². The van der Waals surface area contributed by atoms with E-state index in [2.05, 4.69) is 77.6 Å². The van der Waals surface area contributed by atoms with Crippen molar-refractivity contribution in [3.05, 3.63) is 202 Å². The summed E-state index contributed by atoms with van der Waals surface area (Å²) in [5.41, 5.74) is 13.8. The third-order valence-corrected chi connectivity index (χ3v) is 14.8. The molecule has 1 unspecified atom stereocenters. The average molecular weight is 898 g/mol. The maximum atomic E-state index is 14.8. The van der Waals surface area contributed by atoms with Crippen molar-refractivity contribution >= 4 is 61.9 Å². The molecule has 3 aromatic heterocycles. The van der Waals surface area contributed by atoms with Crippen molar-refractivity contribution in [2.24, 2.45) is 0 Å². The highest BCUT2D eigenvalue weighted by molar-refractivity contribution is 7.91. The van der Waals surface area contributed by atoms with Gasteiger partial charge in [-0.2, -0.15) is 0 Å². The van der Waals surface area contributed by atoms with E-state index in [4.69, 9.17) is 9.97 Å². The predicted molar refractivity (Wildman–Crippen MR) is 273 cm³/mol. The van der Waals surface area contributed by atoms with Gasteiger partial charge in [-0.25, -0.2) is 18.4 Å². The van der Waals surface area contributed by atoms with Crippen LogP contribution < -0.4 is 0 Å². The molecule has 0 aliphatic carbocycles. The zero-order valence-corrected chi connectivity index (χ0v) is 37.9. The summed E-state index contributed by atoms with van der Waals surface area (Å²) in [5.74, 6) is 0. The number of nitrogens with one attached hydrogen (secondary N) is 2. The van der Waals surface area contributed by atoms with E-state index in [0.29, 0.717) is 34.5 Å². The maximum absolute atomic E-state index is 14.8. The number of rotatable bonds is 12. The van der Waals surface area contributed by atoms with E-state index in [-0.39, 0.29) is 22.6 Å². The van der Waals surface area contributed by atoms with Crippen LogP contribution in [0.5, 0.6) is 0 Å². The lowest BCUT2D eigenvalue weighted by molar-refractivity contribution is -0.385. The fourth-order valence-electron chi connectivity index (χ4n) is 9.32. The van der Waals surface area contributed by atoms with Crippen molar-refractivity contribution in [2.75, 3.05) is 0 Å². The summed E-state index contributed by atoms with van der Waals surface area (Å²) in [4.78, 5) is 30.9. The minimum absolute atomic E-state index is 0.131. The second-order valence-electron chi connectivity index (χ2n) is 17.0. The van der Waals surface area contributed by atoms with Gasteiger partial charge in [-0.05, 0) is 108 Å². The summed E-state index contributed by atoms with van der Waals surface area (Å²) in [5, 5.41) is 11.8. The number of hydrogen-bond acceptors (Lipinski definition) is 6. The number of benzene rings is 5. The van der Waals surface area contributed by atoms with Gasteiger partial charge in [0.05, 0.1) is 37.8 Å². The second kappa shape index (κ2) is 18.1. The van der Waals surface area contributed by atoms with E-state index in [9.17, 15) is 18.5 Å². The van der Waals surface area contributed by atoms with Gasteiger partial charge in [0.2, 0.25) is 0 Å². The van der Waals surface area contributed by atoms with E-state index in [1.165, 1.54) is 6.07 Å². The first-order valence-electron chi connectivity index (χ1n) is 22.6. The Morgan fingerprint density at radius 2 is 0.955 bits per heavy atom. The van der Waals surface area contributed by atoms with E-state index < -0.39 is 20.0 Å². The van der Waals surface area contributed by atoms with Crippen LogP contribution in [0.25, 0.3) is 90.9 Å². The molecule has 0 saturated carbocycles. The second-order valence-corrected chi connectivity index (χ2v) is 19.1. The van der Waals surface area contributed by atoms with Crippen molar-refractivity contribution in [3.8, 4) is 44.5 Å². The summed E-state index contributed by atoms with van der Waals surface area (Å²) >= 11 is 0. The normalized spacial score (nSPS) is 12.6. The highest BCUT2D eigenvalue weighted by Crippen LogP contribution is 2.43. The molecule has 330 valence electrons. The van der Waals surface area contributed by atoms with E-state index in [0.717, 1.165) is 79.7 Å². The number of nitrogens with zero attached hydrogens (tertiary/aromatic N) is 3. The number of fused-ring (bicyclic) bond motifs is 8. The lowest BCUT2D eigenvalue weighted by Crippen LogP contribution is -2.16. The molecule has 2 aliphatic rings. The van der Waals surface area contributed by atoms with Gasteiger partial charge in [0.15, 0.2) is 9.84 Å². The molecule has 0 fully saturated rings. The van der Waals surface area contributed by atoms with Crippen molar-refractivity contribution in [1.82, 2.24) is 19.9 Å². The van der Waals surface area contributed by atoms with Gasteiger partial charge in [0.25, 0.3) is 5.69 Å². The lowest BCUT2D eigenvalue weighted by atomic mass is 9.97. The molecule has 8 bridgehead atoms. The van der Waals surface area contributed by atoms with Crippen LogP contribution in [0.2, 0.25) is 0 Å². The molecular formula is C57H47N5O4S. The average Bonchev–Trinajstić information content (AvgIpc) is 4.20. The molecule has 67 heavy (non-hydrogen) atoms. The topological polar surface area (TPSA) is 135 Å². The van der Waals surface area contributed by atoms with Gasteiger partial charge in [0.1, 0.15) is 0 Å². The third kappa shape index (κ3) is 8.32. The number of nitro benzene ring substituents is 1. The molecule has 0 radical (unpaired) electrons. The molecule has 5 heterocycles. The smallest absolute Gasteiger partial charge is 0.273 e. The first kappa shape index (κ1) is 43.0. The van der Waals surface area contributed by atoms with Crippen LogP contribution in [-0.2, 0) is 9.84 Å². The Morgan fingerprint density at radius 1 is 0.537 bits per heavy atom. The van der Waals surface area contributed by atoms with Gasteiger partial charge in [0, 0.05) is 56.0 Å². The summed E-state index contributed by atoms with van der Waals surface area (Å²) < 4.78 is 29.5. The quantitative estimate of drug-likeness (QED) is 0.0712. The van der Waals surface area contributed by atoms with Gasteiger partial charge in [-0.1, -0.05) is 135 Å².